The summed E-state index contributed by atoms with van der Waals surface area (Å²) in [6.07, 6.45) is 0. The number of rotatable bonds is 7. The van der Waals surface area contributed by atoms with Gasteiger partial charge < -0.3 is 9.42 Å². The van der Waals surface area contributed by atoms with Gasteiger partial charge in [-0.1, -0.05) is 0 Å². The molecule has 0 spiro atoms. The number of quaternary nitrogens is 1. The van der Waals surface area contributed by atoms with Crippen LogP contribution in [0.15, 0.2) is 0 Å². The van der Waals surface area contributed by atoms with Crippen molar-refractivity contribution in [2.24, 2.45) is 0 Å². The highest BCUT2D eigenvalue weighted by atomic mass is 31.2. The lowest BCUT2D eigenvalue weighted by atomic mass is 10.5. The summed E-state index contributed by atoms with van der Waals surface area (Å²) < 4.78 is 21.0. The largest absolute Gasteiger partial charge is 0.752 e. The molecule has 1 atom stereocenters. The van der Waals surface area contributed by atoms with Crippen molar-refractivity contribution in [3.05, 3.63) is 0 Å². The van der Waals surface area contributed by atoms with Gasteiger partial charge in [0, 0.05) is 0 Å². The van der Waals surface area contributed by atoms with Crippen LogP contribution in [0, 0.1) is 0 Å². The van der Waals surface area contributed by atoms with E-state index in [4.69, 9.17) is 4.62 Å². The van der Waals surface area contributed by atoms with Crippen molar-refractivity contribution < 1.29 is 23.3 Å². The summed E-state index contributed by atoms with van der Waals surface area (Å²) >= 11 is 0. The SMILES string of the molecule is CCOP(=O)([O-])O[N+](CC)(CC)CC. The molecule has 0 aliphatic carbocycles. The van der Waals surface area contributed by atoms with Crippen LogP contribution in [0.5, 0.6) is 0 Å². The molecule has 14 heavy (non-hydrogen) atoms. The average molecular weight is 225 g/mol. The maximum atomic E-state index is 11.3. The van der Waals surface area contributed by atoms with Crippen molar-refractivity contribution in [3.63, 3.8) is 0 Å². The summed E-state index contributed by atoms with van der Waals surface area (Å²) in [4.78, 5) is 11.3. The molecule has 0 amide bonds. The topological polar surface area (TPSA) is 58.6 Å². The minimum Gasteiger partial charge on any atom is -0.752 e. The quantitative estimate of drug-likeness (QED) is 0.372. The molecule has 86 valence electrons. The summed E-state index contributed by atoms with van der Waals surface area (Å²) in [6.45, 7) is 9.20. The van der Waals surface area contributed by atoms with Gasteiger partial charge >= 0.3 is 7.82 Å². The molecule has 0 saturated carbocycles. The highest BCUT2D eigenvalue weighted by molar-refractivity contribution is 7.45. The van der Waals surface area contributed by atoms with Gasteiger partial charge in [-0.05, 0) is 27.7 Å². The first-order valence-corrected chi connectivity index (χ1v) is 6.44. The van der Waals surface area contributed by atoms with Crippen LogP contribution in [0.2, 0.25) is 0 Å². The van der Waals surface area contributed by atoms with Crippen LogP contribution in [0.4, 0.5) is 0 Å². The van der Waals surface area contributed by atoms with Crippen molar-refractivity contribution in [3.8, 4) is 0 Å². The first-order valence-electron chi connectivity index (χ1n) is 4.98. The Bertz CT molecular complexity index is 197. The monoisotopic (exact) mass is 225 g/mol. The lowest BCUT2D eigenvalue weighted by Gasteiger charge is -2.36. The van der Waals surface area contributed by atoms with E-state index in [0.717, 1.165) is 0 Å². The molecule has 6 heteroatoms. The maximum Gasteiger partial charge on any atom is 0.325 e. The third kappa shape index (κ3) is 4.07. The van der Waals surface area contributed by atoms with E-state index in [-0.39, 0.29) is 11.3 Å². The Balaban J connectivity index is 4.50. The second kappa shape index (κ2) is 5.83. The van der Waals surface area contributed by atoms with Gasteiger partial charge in [-0.15, -0.1) is 4.62 Å². The standard InChI is InChI=1S/C8H20NO4P/c1-5-9(6-2,7-3)13-14(10,11)12-8-4/h5-8H2,1-4H3. The van der Waals surface area contributed by atoms with Crippen LogP contribution in [-0.4, -0.2) is 30.9 Å². The molecule has 0 rings (SSSR count). The van der Waals surface area contributed by atoms with Gasteiger partial charge in [0.2, 0.25) is 0 Å². The Hall–Kier alpha value is 0.0700. The lowest BCUT2D eigenvalue weighted by molar-refractivity contribution is -1.08. The van der Waals surface area contributed by atoms with E-state index in [1.54, 1.807) is 6.92 Å². The molecular formula is C8H20NO4P. The fourth-order valence-electron chi connectivity index (χ4n) is 1.24. The number of nitrogens with zero attached hydrogens (tertiary/aromatic N) is 1. The molecule has 0 aliphatic rings. The van der Waals surface area contributed by atoms with Crippen LogP contribution in [-0.2, 0) is 13.7 Å². The Labute approximate surface area is 85.8 Å². The number of hydrogen-bond acceptors (Lipinski definition) is 4. The van der Waals surface area contributed by atoms with Crippen LogP contribution in [0.3, 0.4) is 0 Å². The number of phosphoric acid groups is 1. The molecule has 5 nitrogen and oxygen atoms in total. The van der Waals surface area contributed by atoms with E-state index in [0.29, 0.717) is 19.6 Å². The van der Waals surface area contributed by atoms with Crippen molar-refractivity contribution in [1.29, 1.82) is 0 Å². The Kier molecular flexibility index (Phi) is 5.86. The number of phosphoric ester groups is 1. The van der Waals surface area contributed by atoms with Crippen molar-refractivity contribution in [2.45, 2.75) is 27.7 Å². The summed E-state index contributed by atoms with van der Waals surface area (Å²) in [6, 6.07) is 0. The van der Waals surface area contributed by atoms with Gasteiger partial charge in [0.15, 0.2) is 0 Å². The zero-order chi connectivity index (χ0) is 11.2. The molecule has 0 aliphatic heterocycles. The van der Waals surface area contributed by atoms with Gasteiger partial charge in [-0.3, -0.25) is 4.57 Å². The van der Waals surface area contributed by atoms with Gasteiger partial charge in [-0.2, -0.15) is 4.65 Å². The molecule has 1 unspecified atom stereocenters. The van der Waals surface area contributed by atoms with Gasteiger partial charge in [0.05, 0.1) is 6.61 Å². The molecule has 0 fully saturated rings. The summed E-state index contributed by atoms with van der Waals surface area (Å²) in [5.74, 6) is 0. The second-order valence-corrected chi connectivity index (χ2v) is 4.27. The highest BCUT2D eigenvalue weighted by Gasteiger charge is 2.29. The fraction of sp³-hybridized carbons (Fsp3) is 1.00. The normalized spacial score (nSPS) is 16.6. The molecular weight excluding hydrogens is 205 g/mol. The van der Waals surface area contributed by atoms with Gasteiger partial charge in [0.1, 0.15) is 19.6 Å². The van der Waals surface area contributed by atoms with Crippen LogP contribution >= 0.6 is 7.82 Å². The first kappa shape index (κ1) is 14.1. The third-order valence-electron chi connectivity index (χ3n) is 2.29. The van der Waals surface area contributed by atoms with Crippen LogP contribution in [0.1, 0.15) is 27.7 Å². The van der Waals surface area contributed by atoms with E-state index in [9.17, 15) is 9.46 Å². The van der Waals surface area contributed by atoms with E-state index in [2.05, 4.69) is 4.52 Å². The van der Waals surface area contributed by atoms with E-state index in [1.165, 1.54) is 0 Å². The molecule has 0 aromatic rings. The molecule has 0 radical (unpaired) electrons. The van der Waals surface area contributed by atoms with E-state index < -0.39 is 7.82 Å². The minimum absolute atomic E-state index is 0.0841. The fourth-order valence-corrected chi connectivity index (χ4v) is 2.37. The van der Waals surface area contributed by atoms with Crippen molar-refractivity contribution in [2.75, 3.05) is 26.2 Å². The molecule has 0 saturated heterocycles. The summed E-state index contributed by atoms with van der Waals surface area (Å²) in [5.41, 5.74) is 0. The first-order chi connectivity index (χ1) is 6.45. The second-order valence-electron chi connectivity index (χ2n) is 2.95. The van der Waals surface area contributed by atoms with Crippen LogP contribution < -0.4 is 4.89 Å². The zero-order valence-corrected chi connectivity index (χ0v) is 10.3. The average Bonchev–Trinajstić information content (AvgIpc) is 2.14. The number of hydroxylamine groups is 3. The molecule has 0 bridgehead atoms. The van der Waals surface area contributed by atoms with E-state index >= 15 is 0 Å². The maximum absolute atomic E-state index is 11.3. The minimum atomic E-state index is -4.14. The highest BCUT2D eigenvalue weighted by Crippen LogP contribution is 2.41. The Morgan fingerprint density at radius 1 is 1.14 bits per heavy atom. The predicted molar refractivity (Wildman–Crippen MR) is 52.2 cm³/mol. The smallest absolute Gasteiger partial charge is 0.325 e. The molecule has 0 aromatic heterocycles. The summed E-state index contributed by atoms with van der Waals surface area (Å²) in [7, 11) is -4.14. The number of hydrogen-bond donors (Lipinski definition) is 0. The van der Waals surface area contributed by atoms with E-state index in [1.807, 2.05) is 20.8 Å². The molecule has 0 N–H and O–H groups in total. The molecule has 0 heterocycles. The van der Waals surface area contributed by atoms with Crippen molar-refractivity contribution in [1.82, 2.24) is 0 Å². The Morgan fingerprint density at radius 2 is 1.57 bits per heavy atom. The zero-order valence-electron chi connectivity index (χ0n) is 9.36. The Morgan fingerprint density at radius 3 is 1.86 bits per heavy atom. The third-order valence-corrected chi connectivity index (χ3v) is 3.41. The van der Waals surface area contributed by atoms with Gasteiger partial charge in [-0.25, -0.2) is 0 Å². The summed E-state index contributed by atoms with van der Waals surface area (Å²) in [5, 5.41) is 0. The lowest BCUT2D eigenvalue weighted by Crippen LogP contribution is -2.47. The van der Waals surface area contributed by atoms with Crippen molar-refractivity contribution >= 4 is 7.82 Å². The van der Waals surface area contributed by atoms with Crippen LogP contribution in [0.25, 0.3) is 0 Å². The predicted octanol–water partition coefficient (Wildman–Crippen LogP) is 1.30. The molecule has 0 aromatic carbocycles. The van der Waals surface area contributed by atoms with Gasteiger partial charge in [0.25, 0.3) is 0 Å².